The lowest BCUT2D eigenvalue weighted by atomic mass is 10.1. The zero-order valence-corrected chi connectivity index (χ0v) is 9.47. The van der Waals surface area contributed by atoms with Crippen molar-refractivity contribution in [3.63, 3.8) is 0 Å². The van der Waals surface area contributed by atoms with Crippen molar-refractivity contribution >= 4 is 0 Å². The highest BCUT2D eigenvalue weighted by Crippen LogP contribution is 2.23. The van der Waals surface area contributed by atoms with Crippen molar-refractivity contribution in [2.45, 2.75) is 25.2 Å². The van der Waals surface area contributed by atoms with Gasteiger partial charge in [0.2, 0.25) is 0 Å². The Hall–Kier alpha value is -1.21. The topological polar surface area (TPSA) is 35.2 Å². The SMILES string of the molecule is CC(OCC(N)c1ccc(F)c(F)c1)C(F)(F)F. The number of rotatable bonds is 4. The van der Waals surface area contributed by atoms with Crippen LogP contribution in [0.5, 0.6) is 0 Å². The Morgan fingerprint density at radius 3 is 2.33 bits per heavy atom. The highest BCUT2D eigenvalue weighted by atomic mass is 19.4. The second kappa shape index (κ2) is 5.62. The molecule has 0 aliphatic carbocycles. The van der Waals surface area contributed by atoms with Gasteiger partial charge in [0.15, 0.2) is 17.7 Å². The fourth-order valence-corrected chi connectivity index (χ4v) is 1.18. The second-order valence-corrected chi connectivity index (χ2v) is 3.80. The Bertz CT molecular complexity index is 407. The minimum atomic E-state index is -4.48. The Kier molecular flexibility index (Phi) is 4.64. The van der Waals surface area contributed by atoms with Gasteiger partial charge < -0.3 is 10.5 Å². The van der Waals surface area contributed by atoms with Crippen LogP contribution in [0, 0.1) is 11.6 Å². The van der Waals surface area contributed by atoms with Gasteiger partial charge in [0.1, 0.15) is 0 Å². The average molecular weight is 269 g/mol. The van der Waals surface area contributed by atoms with Gasteiger partial charge in [-0.05, 0) is 24.6 Å². The van der Waals surface area contributed by atoms with Crippen molar-refractivity contribution < 1.29 is 26.7 Å². The van der Waals surface area contributed by atoms with Crippen molar-refractivity contribution in [3.8, 4) is 0 Å². The van der Waals surface area contributed by atoms with E-state index in [-0.39, 0.29) is 5.56 Å². The lowest BCUT2D eigenvalue weighted by Gasteiger charge is -2.19. The molecule has 0 saturated carbocycles. The van der Waals surface area contributed by atoms with E-state index in [2.05, 4.69) is 4.74 Å². The van der Waals surface area contributed by atoms with Gasteiger partial charge >= 0.3 is 6.18 Å². The van der Waals surface area contributed by atoms with Crippen molar-refractivity contribution in [2.75, 3.05) is 6.61 Å². The first-order valence-electron chi connectivity index (χ1n) is 5.10. The van der Waals surface area contributed by atoms with E-state index in [1.165, 1.54) is 6.07 Å². The molecule has 2 nitrogen and oxygen atoms in total. The Balaban J connectivity index is 2.60. The minimum Gasteiger partial charge on any atom is -0.367 e. The van der Waals surface area contributed by atoms with Crippen LogP contribution in [0.3, 0.4) is 0 Å². The molecule has 102 valence electrons. The van der Waals surface area contributed by atoms with Crippen LogP contribution < -0.4 is 5.73 Å². The van der Waals surface area contributed by atoms with E-state index in [4.69, 9.17) is 5.73 Å². The van der Waals surface area contributed by atoms with Gasteiger partial charge in [-0.1, -0.05) is 6.07 Å². The lowest BCUT2D eigenvalue weighted by Crippen LogP contribution is -2.31. The number of benzene rings is 1. The molecule has 0 radical (unpaired) electrons. The smallest absolute Gasteiger partial charge is 0.367 e. The monoisotopic (exact) mass is 269 g/mol. The summed E-state index contributed by atoms with van der Waals surface area (Å²) >= 11 is 0. The Labute approximate surface area is 101 Å². The van der Waals surface area contributed by atoms with Crippen LogP contribution in [-0.4, -0.2) is 18.9 Å². The molecule has 0 aliphatic heterocycles. The number of nitrogens with two attached hydrogens (primary N) is 1. The molecular formula is C11H12F5NO. The van der Waals surface area contributed by atoms with Crippen LogP contribution >= 0.6 is 0 Å². The van der Waals surface area contributed by atoms with Crippen LogP contribution in [0.4, 0.5) is 22.0 Å². The van der Waals surface area contributed by atoms with Crippen LogP contribution in [0.25, 0.3) is 0 Å². The van der Waals surface area contributed by atoms with Crippen LogP contribution in [0.2, 0.25) is 0 Å². The van der Waals surface area contributed by atoms with Gasteiger partial charge in [-0.3, -0.25) is 0 Å². The standard InChI is InChI=1S/C11H12F5NO/c1-6(11(14,15)16)18-5-10(17)7-2-3-8(12)9(13)4-7/h2-4,6,10H,5,17H2,1H3. The van der Waals surface area contributed by atoms with E-state index in [0.717, 1.165) is 19.1 Å². The summed E-state index contributed by atoms with van der Waals surface area (Å²) in [4.78, 5) is 0. The highest BCUT2D eigenvalue weighted by molar-refractivity contribution is 5.20. The lowest BCUT2D eigenvalue weighted by molar-refractivity contribution is -0.215. The predicted molar refractivity (Wildman–Crippen MR) is 54.8 cm³/mol. The molecule has 1 rings (SSSR count). The quantitative estimate of drug-likeness (QED) is 0.853. The van der Waals surface area contributed by atoms with Crippen LogP contribution in [0.1, 0.15) is 18.5 Å². The zero-order chi connectivity index (χ0) is 13.9. The first-order valence-corrected chi connectivity index (χ1v) is 5.10. The van der Waals surface area contributed by atoms with Crippen molar-refractivity contribution in [1.82, 2.24) is 0 Å². The molecule has 0 spiro atoms. The van der Waals surface area contributed by atoms with Crippen LogP contribution in [-0.2, 0) is 4.74 Å². The summed E-state index contributed by atoms with van der Waals surface area (Å²) in [5.41, 5.74) is 5.69. The van der Waals surface area contributed by atoms with Crippen molar-refractivity contribution in [3.05, 3.63) is 35.4 Å². The molecule has 2 atom stereocenters. The molecule has 0 amide bonds. The molecular weight excluding hydrogens is 257 g/mol. The molecule has 0 heterocycles. The number of halogens is 5. The second-order valence-electron chi connectivity index (χ2n) is 3.80. The Morgan fingerprint density at radius 1 is 1.22 bits per heavy atom. The normalized spacial score (nSPS) is 15.5. The first-order chi connectivity index (χ1) is 8.21. The zero-order valence-electron chi connectivity index (χ0n) is 9.47. The first kappa shape index (κ1) is 14.8. The van der Waals surface area contributed by atoms with E-state index in [1.807, 2.05) is 0 Å². The maximum atomic E-state index is 12.9. The minimum absolute atomic E-state index is 0.170. The molecule has 18 heavy (non-hydrogen) atoms. The summed E-state index contributed by atoms with van der Waals surface area (Å²) in [6.45, 7) is 0.406. The average Bonchev–Trinajstić information content (AvgIpc) is 2.27. The molecule has 7 heteroatoms. The molecule has 0 saturated heterocycles. The van der Waals surface area contributed by atoms with E-state index in [9.17, 15) is 22.0 Å². The van der Waals surface area contributed by atoms with Crippen molar-refractivity contribution in [2.24, 2.45) is 5.73 Å². The van der Waals surface area contributed by atoms with E-state index in [0.29, 0.717) is 0 Å². The third-order valence-corrected chi connectivity index (χ3v) is 2.36. The van der Waals surface area contributed by atoms with Crippen molar-refractivity contribution in [1.29, 1.82) is 0 Å². The van der Waals surface area contributed by atoms with Gasteiger partial charge in [0.05, 0.1) is 12.6 Å². The van der Waals surface area contributed by atoms with E-state index >= 15 is 0 Å². The maximum Gasteiger partial charge on any atom is 0.414 e. The molecule has 0 bridgehead atoms. The van der Waals surface area contributed by atoms with E-state index < -0.39 is 36.6 Å². The predicted octanol–water partition coefficient (Wildman–Crippen LogP) is 2.93. The fourth-order valence-electron chi connectivity index (χ4n) is 1.18. The summed E-state index contributed by atoms with van der Waals surface area (Å²) in [5, 5.41) is 0. The summed E-state index contributed by atoms with van der Waals surface area (Å²) in [5.74, 6) is -2.15. The largest absolute Gasteiger partial charge is 0.414 e. The maximum absolute atomic E-state index is 12.9. The van der Waals surface area contributed by atoms with Gasteiger partial charge in [-0.25, -0.2) is 8.78 Å². The Morgan fingerprint density at radius 2 is 1.83 bits per heavy atom. The molecule has 2 N–H and O–H groups in total. The molecule has 1 aromatic rings. The molecule has 1 aromatic carbocycles. The van der Waals surface area contributed by atoms with Gasteiger partial charge in [-0.2, -0.15) is 13.2 Å². The number of hydrogen-bond acceptors (Lipinski definition) is 2. The number of hydrogen-bond donors (Lipinski definition) is 1. The summed E-state index contributed by atoms with van der Waals surface area (Å²) in [6, 6.07) is 1.94. The summed E-state index contributed by atoms with van der Waals surface area (Å²) < 4.78 is 66.5. The summed E-state index contributed by atoms with van der Waals surface area (Å²) in [7, 11) is 0. The fraction of sp³-hybridized carbons (Fsp3) is 0.455. The number of ether oxygens (including phenoxy) is 1. The third kappa shape index (κ3) is 3.92. The number of alkyl halides is 3. The van der Waals surface area contributed by atoms with Crippen LogP contribution in [0.15, 0.2) is 18.2 Å². The molecule has 0 aromatic heterocycles. The molecule has 0 aliphatic rings. The third-order valence-electron chi connectivity index (χ3n) is 2.36. The van der Waals surface area contributed by atoms with E-state index in [1.54, 1.807) is 0 Å². The van der Waals surface area contributed by atoms with Gasteiger partial charge in [0, 0.05) is 0 Å². The highest BCUT2D eigenvalue weighted by Gasteiger charge is 2.37. The molecule has 2 unspecified atom stereocenters. The van der Waals surface area contributed by atoms with Gasteiger partial charge in [0.25, 0.3) is 0 Å². The van der Waals surface area contributed by atoms with Gasteiger partial charge in [-0.15, -0.1) is 0 Å². The summed E-state index contributed by atoms with van der Waals surface area (Å²) in [6.07, 6.45) is -6.44. The molecule has 0 fully saturated rings.